The maximum absolute atomic E-state index is 6.25. The molecule has 0 amide bonds. The van der Waals surface area contributed by atoms with E-state index in [1.165, 1.54) is 15.6 Å². The zero-order valence-electron chi connectivity index (χ0n) is 13.0. The zero-order chi connectivity index (χ0) is 15.7. The van der Waals surface area contributed by atoms with Gasteiger partial charge in [-0.15, -0.1) is 0 Å². The fraction of sp³-hybridized carbons (Fsp3) is 0.143. The molecule has 0 saturated heterocycles. The van der Waals surface area contributed by atoms with Crippen molar-refractivity contribution < 1.29 is 4.74 Å². The average molecular weight is 367 g/mol. The van der Waals surface area contributed by atoms with Crippen molar-refractivity contribution in [2.75, 3.05) is 0 Å². The third-order valence-electron chi connectivity index (χ3n) is 3.61. The Hall–Kier alpha value is -1.86. The summed E-state index contributed by atoms with van der Waals surface area (Å²) in [6.07, 6.45) is 0.150. The minimum atomic E-state index is 0.150. The van der Waals surface area contributed by atoms with Gasteiger partial charge >= 0.3 is 144 Å². The van der Waals surface area contributed by atoms with Crippen molar-refractivity contribution in [3.05, 3.63) is 102 Å². The van der Waals surface area contributed by atoms with Crippen molar-refractivity contribution in [2.24, 2.45) is 0 Å². The van der Waals surface area contributed by atoms with Crippen LogP contribution in [0, 0.1) is 0 Å². The Kier molecular flexibility index (Phi) is 6.05. The summed E-state index contributed by atoms with van der Waals surface area (Å²) in [5.74, 6) is 0. The Morgan fingerprint density at radius 1 is 0.696 bits per heavy atom. The summed E-state index contributed by atoms with van der Waals surface area (Å²) in [7, 11) is 0. The van der Waals surface area contributed by atoms with Crippen molar-refractivity contribution >= 4 is 19.4 Å². The predicted molar refractivity (Wildman–Crippen MR) is 97.1 cm³/mol. The molecule has 3 rings (SSSR count). The Labute approximate surface area is 144 Å². The molecular weight excluding hydrogens is 347 g/mol. The standard InChI is InChI=1S/C21H20OSe/c1-4-10-18(11-5-1)16-22-21(19-12-6-2-7-13-19)17-23-20-14-8-3-9-15-20/h1-15,21H,16-17H2. The van der Waals surface area contributed by atoms with E-state index in [4.69, 9.17) is 4.74 Å². The van der Waals surface area contributed by atoms with Gasteiger partial charge in [0.05, 0.1) is 0 Å². The molecule has 1 nitrogen and oxygen atoms in total. The first-order chi connectivity index (χ1) is 11.4. The van der Waals surface area contributed by atoms with E-state index in [1.54, 1.807) is 0 Å². The van der Waals surface area contributed by atoms with Crippen LogP contribution in [0.5, 0.6) is 0 Å². The molecule has 2 heteroatoms. The van der Waals surface area contributed by atoms with Crippen molar-refractivity contribution in [3.8, 4) is 0 Å². The molecule has 0 saturated carbocycles. The van der Waals surface area contributed by atoms with Gasteiger partial charge in [0.1, 0.15) is 0 Å². The zero-order valence-corrected chi connectivity index (χ0v) is 14.7. The van der Waals surface area contributed by atoms with Crippen LogP contribution in [-0.2, 0) is 11.3 Å². The number of ether oxygens (including phenoxy) is 1. The van der Waals surface area contributed by atoms with Crippen LogP contribution >= 0.6 is 0 Å². The van der Waals surface area contributed by atoms with Crippen molar-refractivity contribution in [2.45, 2.75) is 18.0 Å². The van der Waals surface area contributed by atoms with E-state index in [9.17, 15) is 0 Å². The number of rotatable bonds is 7. The van der Waals surface area contributed by atoms with Crippen LogP contribution in [0.2, 0.25) is 5.32 Å². The van der Waals surface area contributed by atoms with E-state index >= 15 is 0 Å². The second-order valence-electron chi connectivity index (χ2n) is 5.32. The van der Waals surface area contributed by atoms with Gasteiger partial charge in [0.15, 0.2) is 0 Å². The summed E-state index contributed by atoms with van der Waals surface area (Å²) in [6.45, 7) is 0.658. The summed E-state index contributed by atoms with van der Waals surface area (Å²) in [6, 6.07) is 31.7. The Morgan fingerprint density at radius 2 is 1.26 bits per heavy atom. The van der Waals surface area contributed by atoms with E-state index in [1.807, 2.05) is 6.07 Å². The Bertz CT molecular complexity index is 639. The molecule has 23 heavy (non-hydrogen) atoms. The van der Waals surface area contributed by atoms with Crippen LogP contribution in [0.1, 0.15) is 17.2 Å². The van der Waals surface area contributed by atoms with Gasteiger partial charge in [-0.25, -0.2) is 0 Å². The molecule has 0 aliphatic carbocycles. The van der Waals surface area contributed by atoms with Gasteiger partial charge in [0.25, 0.3) is 0 Å². The Balaban J connectivity index is 1.66. The second kappa shape index (κ2) is 8.69. The van der Waals surface area contributed by atoms with E-state index in [0.717, 1.165) is 5.32 Å². The molecule has 0 fully saturated rings. The summed E-state index contributed by atoms with van der Waals surface area (Å²) in [4.78, 5) is 0. The van der Waals surface area contributed by atoms with Gasteiger partial charge < -0.3 is 0 Å². The van der Waals surface area contributed by atoms with Gasteiger partial charge in [-0.2, -0.15) is 0 Å². The molecule has 0 radical (unpaired) electrons. The van der Waals surface area contributed by atoms with Crippen LogP contribution in [0.3, 0.4) is 0 Å². The number of benzene rings is 3. The third kappa shape index (κ3) is 5.07. The molecule has 0 aliphatic heterocycles. The van der Waals surface area contributed by atoms with Gasteiger partial charge in [0.2, 0.25) is 0 Å². The molecule has 1 unspecified atom stereocenters. The van der Waals surface area contributed by atoms with E-state index in [-0.39, 0.29) is 6.10 Å². The van der Waals surface area contributed by atoms with Crippen molar-refractivity contribution in [3.63, 3.8) is 0 Å². The quantitative estimate of drug-likeness (QED) is 0.563. The van der Waals surface area contributed by atoms with Gasteiger partial charge in [-0.1, -0.05) is 0 Å². The summed E-state index contributed by atoms with van der Waals surface area (Å²) in [5.41, 5.74) is 2.49. The molecule has 0 N–H and O–H groups in total. The summed E-state index contributed by atoms with van der Waals surface area (Å²) >= 11 is 0.415. The van der Waals surface area contributed by atoms with Gasteiger partial charge in [-0.3, -0.25) is 0 Å². The first kappa shape index (κ1) is 16.0. The molecule has 3 aromatic rings. The minimum absolute atomic E-state index is 0.150. The molecule has 0 aliphatic rings. The van der Waals surface area contributed by atoms with E-state index in [0.29, 0.717) is 21.6 Å². The van der Waals surface area contributed by atoms with Crippen LogP contribution in [0.4, 0.5) is 0 Å². The first-order valence-corrected chi connectivity index (χ1v) is 9.87. The topological polar surface area (TPSA) is 9.23 Å². The fourth-order valence-electron chi connectivity index (χ4n) is 2.37. The average Bonchev–Trinajstić information content (AvgIpc) is 2.64. The van der Waals surface area contributed by atoms with Crippen LogP contribution in [-0.4, -0.2) is 15.0 Å². The molecule has 0 bridgehead atoms. The predicted octanol–water partition coefficient (Wildman–Crippen LogP) is 4.39. The fourth-order valence-corrected chi connectivity index (χ4v) is 4.43. The maximum atomic E-state index is 6.25. The van der Waals surface area contributed by atoms with E-state index < -0.39 is 0 Å². The van der Waals surface area contributed by atoms with Crippen molar-refractivity contribution in [1.82, 2.24) is 0 Å². The number of hydrogen-bond donors (Lipinski definition) is 0. The summed E-state index contributed by atoms with van der Waals surface area (Å²) < 4.78 is 7.67. The molecule has 1 atom stereocenters. The molecule has 116 valence electrons. The molecule has 0 heterocycles. The first-order valence-electron chi connectivity index (χ1n) is 7.80. The Morgan fingerprint density at radius 3 is 1.91 bits per heavy atom. The van der Waals surface area contributed by atoms with Gasteiger partial charge in [-0.05, 0) is 0 Å². The van der Waals surface area contributed by atoms with Crippen LogP contribution < -0.4 is 4.46 Å². The van der Waals surface area contributed by atoms with Crippen LogP contribution in [0.25, 0.3) is 0 Å². The molecule has 0 spiro atoms. The third-order valence-corrected chi connectivity index (χ3v) is 5.87. The van der Waals surface area contributed by atoms with Gasteiger partial charge in [0, 0.05) is 0 Å². The van der Waals surface area contributed by atoms with E-state index in [2.05, 4.69) is 84.9 Å². The molecule has 0 aromatic heterocycles. The molecule has 3 aromatic carbocycles. The monoisotopic (exact) mass is 368 g/mol. The second-order valence-corrected chi connectivity index (χ2v) is 7.61. The normalized spacial score (nSPS) is 12.0. The van der Waals surface area contributed by atoms with Crippen LogP contribution in [0.15, 0.2) is 91.0 Å². The van der Waals surface area contributed by atoms with Crippen molar-refractivity contribution in [1.29, 1.82) is 0 Å². The summed E-state index contributed by atoms with van der Waals surface area (Å²) in [5, 5.41) is 1.05. The molecular formula is C21H20OSe. The number of hydrogen-bond acceptors (Lipinski definition) is 1. The SMILES string of the molecule is c1ccc(COC(C[Se]c2ccccc2)c2ccccc2)cc1.